The zero-order valence-electron chi connectivity index (χ0n) is 5.87. The molecule has 0 aliphatic carbocycles. The minimum Gasteiger partial charge on any atom is -0.384 e. The molecule has 1 rings (SSSR count). The van der Waals surface area contributed by atoms with Crippen molar-refractivity contribution in [2.75, 3.05) is 12.8 Å². The number of pyridine rings is 1. The lowest BCUT2D eigenvalue weighted by Crippen LogP contribution is -1.92. The summed E-state index contributed by atoms with van der Waals surface area (Å²) in [4.78, 5) is 3.90. The van der Waals surface area contributed by atoms with Crippen LogP contribution in [0.1, 0.15) is 5.56 Å². The Bertz CT molecular complexity index is 195. The third kappa shape index (κ3) is 1.70. The number of hydrogen-bond acceptors (Lipinski definition) is 3. The van der Waals surface area contributed by atoms with Gasteiger partial charge in [0.2, 0.25) is 0 Å². The van der Waals surface area contributed by atoms with E-state index in [9.17, 15) is 0 Å². The Hall–Kier alpha value is -1.09. The van der Waals surface area contributed by atoms with Crippen LogP contribution in [0.2, 0.25) is 0 Å². The monoisotopic (exact) mass is 138 g/mol. The molecule has 3 nitrogen and oxygen atoms in total. The highest BCUT2D eigenvalue weighted by Gasteiger charge is 1.89. The van der Waals surface area contributed by atoms with E-state index in [1.165, 1.54) is 0 Å². The van der Waals surface area contributed by atoms with Crippen LogP contribution >= 0.6 is 0 Å². The van der Waals surface area contributed by atoms with Gasteiger partial charge in [-0.25, -0.2) is 4.98 Å². The molecule has 2 N–H and O–H groups in total. The Morgan fingerprint density at radius 2 is 2.40 bits per heavy atom. The van der Waals surface area contributed by atoms with Crippen LogP contribution in [0.15, 0.2) is 18.3 Å². The molecule has 0 atom stereocenters. The molecule has 3 heteroatoms. The van der Waals surface area contributed by atoms with E-state index in [2.05, 4.69) is 4.98 Å². The molecule has 0 radical (unpaired) electrons. The number of rotatable bonds is 2. The first-order valence-corrected chi connectivity index (χ1v) is 3.02. The molecule has 54 valence electrons. The van der Waals surface area contributed by atoms with E-state index in [-0.39, 0.29) is 0 Å². The van der Waals surface area contributed by atoms with Gasteiger partial charge in [-0.3, -0.25) is 0 Å². The average Bonchev–Trinajstić information content (AvgIpc) is 1.95. The lowest BCUT2D eigenvalue weighted by molar-refractivity contribution is 0.184. The fourth-order valence-electron chi connectivity index (χ4n) is 0.688. The number of nitrogens with two attached hydrogens (primary N) is 1. The lowest BCUT2D eigenvalue weighted by Gasteiger charge is -1.97. The van der Waals surface area contributed by atoms with Crippen LogP contribution in [-0.4, -0.2) is 12.1 Å². The van der Waals surface area contributed by atoms with Crippen LogP contribution in [0.5, 0.6) is 0 Å². The second kappa shape index (κ2) is 3.17. The van der Waals surface area contributed by atoms with Gasteiger partial charge in [0.15, 0.2) is 0 Å². The minimum atomic E-state index is 0.542. The van der Waals surface area contributed by atoms with Crippen molar-refractivity contribution in [3.8, 4) is 0 Å². The van der Waals surface area contributed by atoms with Crippen LogP contribution in [0, 0.1) is 0 Å². The van der Waals surface area contributed by atoms with Gasteiger partial charge in [0, 0.05) is 13.3 Å². The van der Waals surface area contributed by atoms with Crippen molar-refractivity contribution < 1.29 is 4.74 Å². The number of nitrogens with zero attached hydrogens (tertiary/aromatic N) is 1. The first-order chi connectivity index (χ1) is 4.83. The van der Waals surface area contributed by atoms with Crippen LogP contribution in [-0.2, 0) is 11.3 Å². The molecule has 0 aliphatic rings. The average molecular weight is 138 g/mol. The van der Waals surface area contributed by atoms with Crippen molar-refractivity contribution in [3.63, 3.8) is 0 Å². The molecular weight excluding hydrogens is 128 g/mol. The van der Waals surface area contributed by atoms with E-state index in [1.807, 2.05) is 6.07 Å². The lowest BCUT2D eigenvalue weighted by atomic mass is 10.3. The van der Waals surface area contributed by atoms with Gasteiger partial charge in [-0.15, -0.1) is 0 Å². The second-order valence-corrected chi connectivity index (χ2v) is 2.02. The molecule has 0 saturated heterocycles. The van der Waals surface area contributed by atoms with Gasteiger partial charge in [-0.2, -0.15) is 0 Å². The summed E-state index contributed by atoms with van der Waals surface area (Å²) in [5.41, 5.74) is 6.41. The maximum atomic E-state index is 5.37. The number of anilines is 1. The molecule has 10 heavy (non-hydrogen) atoms. The third-order valence-electron chi connectivity index (χ3n) is 1.16. The van der Waals surface area contributed by atoms with Gasteiger partial charge >= 0.3 is 0 Å². The summed E-state index contributed by atoms with van der Waals surface area (Å²) in [7, 11) is 1.65. The van der Waals surface area contributed by atoms with Gasteiger partial charge in [0.1, 0.15) is 5.82 Å². The zero-order valence-corrected chi connectivity index (χ0v) is 5.87. The Morgan fingerprint density at radius 3 is 2.90 bits per heavy atom. The number of ether oxygens (including phenoxy) is 1. The van der Waals surface area contributed by atoms with Gasteiger partial charge in [0.25, 0.3) is 0 Å². The first-order valence-electron chi connectivity index (χ1n) is 3.02. The SMILES string of the molecule is COCc1ccc(N)nc1. The molecule has 1 aromatic rings. The maximum absolute atomic E-state index is 5.37. The smallest absolute Gasteiger partial charge is 0.123 e. The summed E-state index contributed by atoms with van der Waals surface area (Å²) in [6, 6.07) is 3.65. The van der Waals surface area contributed by atoms with Crippen molar-refractivity contribution in [3.05, 3.63) is 23.9 Å². The van der Waals surface area contributed by atoms with Gasteiger partial charge < -0.3 is 10.5 Å². The predicted molar refractivity (Wildman–Crippen MR) is 39.4 cm³/mol. The van der Waals surface area contributed by atoms with Gasteiger partial charge in [-0.05, 0) is 11.6 Å². The number of aromatic nitrogens is 1. The van der Waals surface area contributed by atoms with E-state index in [1.54, 1.807) is 19.4 Å². The largest absolute Gasteiger partial charge is 0.384 e. The predicted octanol–water partition coefficient (Wildman–Crippen LogP) is 0.810. The van der Waals surface area contributed by atoms with Crippen molar-refractivity contribution in [1.29, 1.82) is 0 Å². The van der Waals surface area contributed by atoms with E-state index >= 15 is 0 Å². The quantitative estimate of drug-likeness (QED) is 0.657. The van der Waals surface area contributed by atoms with Crippen LogP contribution < -0.4 is 5.73 Å². The molecular formula is C7H10N2O. The molecule has 0 aliphatic heterocycles. The molecule has 0 unspecified atom stereocenters. The summed E-state index contributed by atoms with van der Waals surface area (Å²) in [6.45, 7) is 0.591. The summed E-state index contributed by atoms with van der Waals surface area (Å²) >= 11 is 0. The fraction of sp³-hybridized carbons (Fsp3) is 0.286. The summed E-state index contributed by atoms with van der Waals surface area (Å²) < 4.78 is 4.89. The Labute approximate surface area is 59.8 Å². The van der Waals surface area contributed by atoms with Gasteiger partial charge in [0.05, 0.1) is 6.61 Å². The van der Waals surface area contributed by atoms with E-state index < -0.39 is 0 Å². The molecule has 0 saturated carbocycles. The first kappa shape index (κ1) is 7.02. The topological polar surface area (TPSA) is 48.1 Å². The molecule has 0 fully saturated rings. The Balaban J connectivity index is 2.69. The third-order valence-corrected chi connectivity index (χ3v) is 1.16. The van der Waals surface area contributed by atoms with Crippen LogP contribution in [0.3, 0.4) is 0 Å². The normalized spacial score (nSPS) is 9.70. The summed E-state index contributed by atoms with van der Waals surface area (Å²) in [6.07, 6.45) is 1.71. The van der Waals surface area contributed by atoms with Gasteiger partial charge in [-0.1, -0.05) is 6.07 Å². The van der Waals surface area contributed by atoms with Crippen LogP contribution in [0.25, 0.3) is 0 Å². The number of nitrogen functional groups attached to an aromatic ring is 1. The zero-order chi connectivity index (χ0) is 7.40. The van der Waals surface area contributed by atoms with Crippen molar-refractivity contribution in [2.24, 2.45) is 0 Å². The minimum absolute atomic E-state index is 0.542. The molecule has 1 aromatic heterocycles. The maximum Gasteiger partial charge on any atom is 0.123 e. The standard InChI is InChI=1S/C7H10N2O/c1-10-5-6-2-3-7(8)9-4-6/h2-4H,5H2,1H3,(H2,8,9). The van der Waals surface area contributed by atoms with E-state index in [4.69, 9.17) is 10.5 Å². The molecule has 1 heterocycles. The van der Waals surface area contributed by atoms with Crippen LogP contribution in [0.4, 0.5) is 5.82 Å². The van der Waals surface area contributed by atoms with Crippen molar-refractivity contribution in [1.82, 2.24) is 4.98 Å². The van der Waals surface area contributed by atoms with Crippen molar-refractivity contribution >= 4 is 5.82 Å². The number of methoxy groups -OCH3 is 1. The highest BCUT2D eigenvalue weighted by molar-refractivity contribution is 5.28. The fourth-order valence-corrected chi connectivity index (χ4v) is 0.688. The summed E-state index contributed by atoms with van der Waals surface area (Å²) in [5, 5.41) is 0. The Morgan fingerprint density at radius 1 is 1.60 bits per heavy atom. The molecule has 0 amide bonds. The highest BCUT2D eigenvalue weighted by atomic mass is 16.5. The summed E-state index contributed by atoms with van der Waals surface area (Å²) in [5.74, 6) is 0.542. The van der Waals surface area contributed by atoms with E-state index in [0.717, 1.165) is 5.56 Å². The highest BCUT2D eigenvalue weighted by Crippen LogP contribution is 2.01. The van der Waals surface area contributed by atoms with Crippen molar-refractivity contribution in [2.45, 2.75) is 6.61 Å². The Kier molecular flexibility index (Phi) is 2.23. The van der Waals surface area contributed by atoms with E-state index in [0.29, 0.717) is 12.4 Å². The second-order valence-electron chi connectivity index (χ2n) is 2.02. The molecule has 0 bridgehead atoms. The number of hydrogen-bond donors (Lipinski definition) is 1. The molecule has 0 spiro atoms. The molecule has 0 aromatic carbocycles.